The van der Waals surface area contributed by atoms with Crippen LogP contribution in [0.3, 0.4) is 0 Å². The summed E-state index contributed by atoms with van der Waals surface area (Å²) in [6, 6.07) is 10.0. The van der Waals surface area contributed by atoms with E-state index in [1.165, 1.54) is 21.9 Å². The number of H-pyrrole nitrogens is 1. The van der Waals surface area contributed by atoms with Crippen molar-refractivity contribution in [3.63, 3.8) is 0 Å². The van der Waals surface area contributed by atoms with Gasteiger partial charge < -0.3 is 10.1 Å². The number of amides is 1. The molecule has 0 fully saturated rings. The Kier molecular flexibility index (Phi) is 7.75. The molecule has 8 heteroatoms. The fraction of sp³-hybridized carbons (Fsp3) is 0.471. The van der Waals surface area contributed by atoms with E-state index in [9.17, 15) is 9.59 Å². The van der Waals surface area contributed by atoms with Crippen LogP contribution in [0.5, 0.6) is 0 Å². The highest BCUT2D eigenvalue weighted by Gasteiger charge is 2.18. The molecule has 2 rings (SSSR count). The van der Waals surface area contributed by atoms with E-state index in [1.807, 2.05) is 30.3 Å². The molecule has 1 aromatic heterocycles. The number of ether oxygens (including phenoxy) is 1. The van der Waals surface area contributed by atoms with Gasteiger partial charge in [0, 0.05) is 26.8 Å². The zero-order valence-electron chi connectivity index (χ0n) is 14.5. The third-order valence-electron chi connectivity index (χ3n) is 3.66. The fourth-order valence-corrected chi connectivity index (χ4v) is 3.19. The van der Waals surface area contributed by atoms with E-state index in [4.69, 9.17) is 4.74 Å². The summed E-state index contributed by atoms with van der Waals surface area (Å²) in [5.41, 5.74) is 0.915. The smallest absolute Gasteiger partial charge is 0.343 e. The van der Waals surface area contributed by atoms with Crippen molar-refractivity contribution in [3.8, 4) is 0 Å². The van der Waals surface area contributed by atoms with Gasteiger partial charge in [0.25, 0.3) is 0 Å². The predicted molar refractivity (Wildman–Crippen MR) is 97.8 cm³/mol. The van der Waals surface area contributed by atoms with Gasteiger partial charge in [0.2, 0.25) is 5.91 Å². The minimum absolute atomic E-state index is 0.0696. The number of nitrogens with one attached hydrogen (secondary N) is 2. The average molecular weight is 364 g/mol. The number of aromatic amines is 1. The number of aromatic nitrogens is 3. The third kappa shape index (κ3) is 6.06. The molecule has 1 heterocycles. The van der Waals surface area contributed by atoms with Crippen LogP contribution >= 0.6 is 11.8 Å². The predicted octanol–water partition coefficient (Wildman–Crippen LogP) is 1.45. The van der Waals surface area contributed by atoms with E-state index >= 15 is 0 Å². The molecule has 0 spiro atoms. The van der Waals surface area contributed by atoms with Crippen LogP contribution in [0.2, 0.25) is 0 Å². The first-order chi connectivity index (χ1) is 12.1. The highest BCUT2D eigenvalue weighted by atomic mass is 32.2. The first kappa shape index (κ1) is 19.3. The van der Waals surface area contributed by atoms with Crippen molar-refractivity contribution in [2.45, 2.75) is 36.7 Å². The van der Waals surface area contributed by atoms with Crippen LogP contribution in [0.1, 0.15) is 18.9 Å². The number of benzene rings is 1. The van der Waals surface area contributed by atoms with E-state index in [1.54, 1.807) is 14.0 Å². The van der Waals surface area contributed by atoms with Crippen LogP contribution in [0.25, 0.3) is 0 Å². The summed E-state index contributed by atoms with van der Waals surface area (Å²) >= 11 is 1.27. The summed E-state index contributed by atoms with van der Waals surface area (Å²) in [5.74, 6) is -0.0696. The molecule has 0 bridgehead atoms. The Labute approximate surface area is 151 Å². The number of hydrogen-bond acceptors (Lipinski definition) is 5. The van der Waals surface area contributed by atoms with Crippen molar-refractivity contribution in [2.24, 2.45) is 0 Å². The minimum atomic E-state index is -0.341. The molecule has 0 aliphatic carbocycles. The van der Waals surface area contributed by atoms with Gasteiger partial charge in [0.1, 0.15) is 0 Å². The monoisotopic (exact) mass is 364 g/mol. The zero-order valence-corrected chi connectivity index (χ0v) is 15.3. The number of rotatable bonds is 10. The van der Waals surface area contributed by atoms with Crippen LogP contribution in [-0.4, -0.2) is 46.2 Å². The van der Waals surface area contributed by atoms with Gasteiger partial charge >= 0.3 is 5.69 Å². The van der Waals surface area contributed by atoms with Crippen LogP contribution < -0.4 is 11.0 Å². The number of hydrogen-bond donors (Lipinski definition) is 2. The second-order valence-electron chi connectivity index (χ2n) is 5.60. The molecule has 2 aromatic rings. The summed E-state index contributed by atoms with van der Waals surface area (Å²) in [5, 5.41) is 9.55. The molecule has 0 aliphatic heterocycles. The molecular formula is C17H24N4O3S. The van der Waals surface area contributed by atoms with Crippen LogP contribution in [-0.2, 0) is 22.5 Å². The van der Waals surface area contributed by atoms with E-state index < -0.39 is 0 Å². The SMILES string of the molecule is COCCCn1c(SC(C)C(=O)NCCc2ccccc2)n[nH]c1=O. The summed E-state index contributed by atoms with van der Waals surface area (Å²) in [4.78, 5) is 24.0. The summed E-state index contributed by atoms with van der Waals surface area (Å²) in [7, 11) is 1.62. The lowest BCUT2D eigenvalue weighted by Crippen LogP contribution is -2.32. The minimum Gasteiger partial charge on any atom is -0.385 e. The van der Waals surface area contributed by atoms with E-state index in [2.05, 4.69) is 15.5 Å². The largest absolute Gasteiger partial charge is 0.385 e. The lowest BCUT2D eigenvalue weighted by molar-refractivity contribution is -0.120. The summed E-state index contributed by atoms with van der Waals surface area (Å²) in [6.07, 6.45) is 1.50. The molecule has 0 radical (unpaired) electrons. The van der Waals surface area contributed by atoms with Gasteiger partial charge in [-0.15, -0.1) is 5.10 Å². The van der Waals surface area contributed by atoms with Gasteiger partial charge in [0.15, 0.2) is 5.16 Å². The quantitative estimate of drug-likeness (QED) is 0.492. The number of nitrogens with zero attached hydrogens (tertiary/aromatic N) is 2. The van der Waals surface area contributed by atoms with Gasteiger partial charge in [-0.1, -0.05) is 42.1 Å². The summed E-state index contributed by atoms with van der Waals surface area (Å²) in [6.45, 7) is 3.46. The normalized spacial score (nSPS) is 12.1. The van der Waals surface area contributed by atoms with Crippen LogP contribution in [0.4, 0.5) is 0 Å². The second kappa shape index (κ2) is 10.0. The Hall–Kier alpha value is -2.06. The number of methoxy groups -OCH3 is 1. The topological polar surface area (TPSA) is 89.0 Å². The first-order valence-corrected chi connectivity index (χ1v) is 9.12. The Morgan fingerprint density at radius 2 is 2.16 bits per heavy atom. The number of thioether (sulfide) groups is 1. The van der Waals surface area contributed by atoms with E-state index in [-0.39, 0.29) is 16.8 Å². The maximum atomic E-state index is 12.2. The number of carbonyl (C=O) groups excluding carboxylic acids is 1. The third-order valence-corrected chi connectivity index (χ3v) is 4.75. The van der Waals surface area contributed by atoms with Gasteiger partial charge in [-0.3, -0.25) is 9.36 Å². The molecule has 2 N–H and O–H groups in total. The van der Waals surface area contributed by atoms with E-state index in [0.29, 0.717) is 31.3 Å². The molecular weight excluding hydrogens is 340 g/mol. The van der Waals surface area contributed by atoms with Crippen molar-refractivity contribution >= 4 is 17.7 Å². The molecule has 1 amide bonds. The second-order valence-corrected chi connectivity index (χ2v) is 6.90. The molecule has 136 valence electrons. The van der Waals surface area contributed by atoms with Crippen molar-refractivity contribution in [3.05, 3.63) is 46.4 Å². The summed E-state index contributed by atoms with van der Waals surface area (Å²) < 4.78 is 6.54. The highest BCUT2D eigenvalue weighted by molar-refractivity contribution is 8.00. The lowest BCUT2D eigenvalue weighted by Gasteiger charge is -2.12. The first-order valence-electron chi connectivity index (χ1n) is 8.24. The van der Waals surface area contributed by atoms with Gasteiger partial charge in [-0.05, 0) is 25.3 Å². The molecule has 0 saturated carbocycles. The Balaban J connectivity index is 1.83. The molecule has 0 saturated heterocycles. The highest BCUT2D eigenvalue weighted by Crippen LogP contribution is 2.20. The average Bonchev–Trinajstić information content (AvgIpc) is 2.96. The fourth-order valence-electron chi connectivity index (χ4n) is 2.29. The van der Waals surface area contributed by atoms with Gasteiger partial charge in [-0.25, -0.2) is 9.89 Å². The van der Waals surface area contributed by atoms with Gasteiger partial charge in [0.05, 0.1) is 5.25 Å². The Morgan fingerprint density at radius 3 is 2.88 bits per heavy atom. The molecule has 1 atom stereocenters. The van der Waals surface area contributed by atoms with Crippen LogP contribution in [0.15, 0.2) is 40.3 Å². The molecule has 1 aromatic carbocycles. The molecule has 7 nitrogen and oxygen atoms in total. The van der Waals surface area contributed by atoms with E-state index in [0.717, 1.165) is 6.42 Å². The van der Waals surface area contributed by atoms with Crippen molar-refractivity contribution < 1.29 is 9.53 Å². The number of carbonyl (C=O) groups is 1. The molecule has 1 unspecified atom stereocenters. The van der Waals surface area contributed by atoms with Crippen molar-refractivity contribution in [1.82, 2.24) is 20.1 Å². The van der Waals surface area contributed by atoms with Crippen LogP contribution in [0, 0.1) is 0 Å². The maximum Gasteiger partial charge on any atom is 0.343 e. The van der Waals surface area contributed by atoms with Gasteiger partial charge in [-0.2, -0.15) is 0 Å². The standard InChI is InChI=1S/C17H24N4O3S/c1-13(15(22)18-10-9-14-7-4-3-5-8-14)25-17-20-19-16(23)21(17)11-6-12-24-2/h3-5,7-8,13H,6,9-12H2,1-2H3,(H,18,22)(H,19,23). The Morgan fingerprint density at radius 1 is 1.40 bits per heavy atom. The van der Waals surface area contributed by atoms with Crippen molar-refractivity contribution in [2.75, 3.05) is 20.3 Å². The molecule has 25 heavy (non-hydrogen) atoms. The van der Waals surface area contributed by atoms with Crippen molar-refractivity contribution in [1.29, 1.82) is 0 Å². The Bertz CT molecular complexity index is 714. The maximum absolute atomic E-state index is 12.2. The lowest BCUT2D eigenvalue weighted by atomic mass is 10.1. The molecule has 0 aliphatic rings. The zero-order chi connectivity index (χ0) is 18.1.